The van der Waals surface area contributed by atoms with Crippen molar-refractivity contribution < 1.29 is 5.11 Å². The maximum atomic E-state index is 9.99. The van der Waals surface area contributed by atoms with Gasteiger partial charge in [0.2, 0.25) is 0 Å². The van der Waals surface area contributed by atoms with Crippen molar-refractivity contribution >= 4 is 22.7 Å². The Hall–Kier alpha value is -0.710. The van der Waals surface area contributed by atoms with E-state index < -0.39 is 0 Å². The van der Waals surface area contributed by atoms with E-state index in [1.807, 2.05) is 12.3 Å². The summed E-state index contributed by atoms with van der Waals surface area (Å²) in [4.78, 5) is 7.52. The number of aliphatic hydroxyl groups is 1. The summed E-state index contributed by atoms with van der Waals surface area (Å²) < 4.78 is 0. The monoisotopic (exact) mass is 239 g/mol. The number of hydrogen-bond acceptors (Lipinski definition) is 4. The molecule has 0 aliphatic heterocycles. The summed E-state index contributed by atoms with van der Waals surface area (Å²) >= 11 is 3.29. The minimum absolute atomic E-state index is 0.379. The second-order valence-electron chi connectivity index (χ2n) is 3.35. The Labute approximate surface area is 97.2 Å². The van der Waals surface area contributed by atoms with Crippen LogP contribution in [0.4, 0.5) is 0 Å². The highest BCUT2D eigenvalue weighted by atomic mass is 32.1. The smallest absolute Gasteiger partial charge is 0.0930 e. The summed E-state index contributed by atoms with van der Waals surface area (Å²) in [6.45, 7) is 2.13. The Bertz CT molecular complexity index is 408. The lowest BCUT2D eigenvalue weighted by Gasteiger charge is -2.05. The fourth-order valence-corrected chi connectivity index (χ4v) is 2.97. The highest BCUT2D eigenvalue weighted by Gasteiger charge is 2.11. The molecule has 1 atom stereocenters. The van der Waals surface area contributed by atoms with Crippen molar-refractivity contribution in [3.05, 3.63) is 38.5 Å². The summed E-state index contributed by atoms with van der Waals surface area (Å²) in [6.07, 6.45) is 3.16. The highest BCUT2D eigenvalue weighted by molar-refractivity contribution is 7.12. The van der Waals surface area contributed by atoms with Gasteiger partial charge in [-0.2, -0.15) is 0 Å². The van der Waals surface area contributed by atoms with E-state index in [1.54, 1.807) is 28.2 Å². The van der Waals surface area contributed by atoms with Crippen LogP contribution in [0.1, 0.15) is 27.7 Å². The van der Waals surface area contributed by atoms with Crippen molar-refractivity contribution in [2.75, 3.05) is 0 Å². The maximum absolute atomic E-state index is 9.99. The summed E-state index contributed by atoms with van der Waals surface area (Å²) in [6, 6.07) is 4.12. The minimum Gasteiger partial charge on any atom is -0.387 e. The van der Waals surface area contributed by atoms with E-state index in [2.05, 4.69) is 18.0 Å². The van der Waals surface area contributed by atoms with Crippen LogP contribution in [0.5, 0.6) is 0 Å². The van der Waals surface area contributed by atoms with Gasteiger partial charge in [-0.3, -0.25) is 4.98 Å². The maximum Gasteiger partial charge on any atom is 0.0930 e. The second kappa shape index (κ2) is 4.88. The molecule has 1 N–H and O–H groups in total. The van der Waals surface area contributed by atoms with Crippen LogP contribution in [0.15, 0.2) is 23.8 Å². The third-order valence-corrected chi connectivity index (χ3v) is 4.37. The van der Waals surface area contributed by atoms with Gasteiger partial charge in [0.05, 0.1) is 11.6 Å². The zero-order chi connectivity index (χ0) is 10.7. The lowest BCUT2D eigenvalue weighted by molar-refractivity contribution is 0.183. The summed E-state index contributed by atoms with van der Waals surface area (Å²) in [5, 5.41) is 9.99. The molecule has 0 spiro atoms. The van der Waals surface area contributed by atoms with Crippen molar-refractivity contribution in [1.82, 2.24) is 4.98 Å². The Kier molecular flexibility index (Phi) is 3.51. The molecule has 0 amide bonds. The van der Waals surface area contributed by atoms with E-state index in [0.717, 1.165) is 16.2 Å². The molecule has 2 aromatic heterocycles. The molecule has 2 rings (SSSR count). The number of aromatic nitrogens is 1. The molecule has 4 heteroatoms. The van der Waals surface area contributed by atoms with E-state index in [1.165, 1.54) is 4.88 Å². The fraction of sp³-hybridized carbons (Fsp3) is 0.364. The number of rotatable bonds is 4. The predicted octanol–water partition coefficient (Wildman–Crippen LogP) is 3.04. The van der Waals surface area contributed by atoms with Crippen LogP contribution < -0.4 is 0 Å². The topological polar surface area (TPSA) is 33.1 Å². The predicted molar refractivity (Wildman–Crippen MR) is 64.5 cm³/mol. The molecule has 0 aliphatic carbocycles. The Balaban J connectivity index is 2.04. The lowest BCUT2D eigenvalue weighted by Crippen LogP contribution is -1.97. The first-order valence-electron chi connectivity index (χ1n) is 4.93. The minimum atomic E-state index is -0.379. The van der Waals surface area contributed by atoms with Gasteiger partial charge in [-0.05, 0) is 18.6 Å². The van der Waals surface area contributed by atoms with E-state index in [9.17, 15) is 5.11 Å². The number of aliphatic hydroxyl groups excluding tert-OH is 1. The number of thiophene rings is 1. The van der Waals surface area contributed by atoms with Gasteiger partial charge >= 0.3 is 0 Å². The van der Waals surface area contributed by atoms with E-state index >= 15 is 0 Å². The third-order valence-electron chi connectivity index (χ3n) is 2.24. The van der Waals surface area contributed by atoms with E-state index in [-0.39, 0.29) is 6.10 Å². The molecule has 80 valence electrons. The van der Waals surface area contributed by atoms with Crippen molar-refractivity contribution in [1.29, 1.82) is 0 Å². The van der Waals surface area contributed by atoms with Crippen LogP contribution in [-0.4, -0.2) is 10.1 Å². The molecule has 0 aromatic carbocycles. The zero-order valence-corrected chi connectivity index (χ0v) is 10.1. The lowest BCUT2D eigenvalue weighted by atomic mass is 10.2. The normalized spacial score (nSPS) is 12.9. The Morgan fingerprint density at radius 1 is 1.40 bits per heavy atom. The van der Waals surface area contributed by atoms with Gasteiger partial charge in [0.25, 0.3) is 0 Å². The SMILES string of the molecule is CCc1ccc(C(O)Cc2cncs2)s1. The van der Waals surface area contributed by atoms with Crippen molar-refractivity contribution in [2.24, 2.45) is 0 Å². The van der Waals surface area contributed by atoms with Gasteiger partial charge in [0.1, 0.15) is 0 Å². The highest BCUT2D eigenvalue weighted by Crippen LogP contribution is 2.27. The number of hydrogen-bond donors (Lipinski definition) is 1. The molecule has 15 heavy (non-hydrogen) atoms. The van der Waals surface area contributed by atoms with Gasteiger partial charge in [-0.15, -0.1) is 22.7 Å². The summed E-state index contributed by atoms with van der Waals surface area (Å²) in [5.74, 6) is 0. The number of aryl methyl sites for hydroxylation is 1. The molecule has 0 fully saturated rings. The van der Waals surface area contributed by atoms with Crippen LogP contribution >= 0.6 is 22.7 Å². The van der Waals surface area contributed by atoms with E-state index in [0.29, 0.717) is 6.42 Å². The second-order valence-corrected chi connectivity index (χ2v) is 5.52. The fourth-order valence-electron chi connectivity index (χ4n) is 1.40. The molecule has 2 heterocycles. The molecule has 0 saturated carbocycles. The van der Waals surface area contributed by atoms with Crippen molar-refractivity contribution in [3.8, 4) is 0 Å². The molecule has 0 bridgehead atoms. The molecular formula is C11H13NOS2. The average Bonchev–Trinajstić information content (AvgIpc) is 2.86. The average molecular weight is 239 g/mol. The quantitative estimate of drug-likeness (QED) is 0.889. The molecule has 0 radical (unpaired) electrons. The first-order chi connectivity index (χ1) is 7.29. The van der Waals surface area contributed by atoms with Crippen LogP contribution in [0.3, 0.4) is 0 Å². The summed E-state index contributed by atoms with van der Waals surface area (Å²) in [7, 11) is 0. The molecule has 1 unspecified atom stereocenters. The van der Waals surface area contributed by atoms with Gasteiger partial charge in [-0.25, -0.2) is 0 Å². The zero-order valence-electron chi connectivity index (χ0n) is 8.51. The van der Waals surface area contributed by atoms with Gasteiger partial charge in [0, 0.05) is 27.2 Å². The first-order valence-corrected chi connectivity index (χ1v) is 6.63. The van der Waals surface area contributed by atoms with Crippen LogP contribution in [-0.2, 0) is 12.8 Å². The number of nitrogens with zero attached hydrogens (tertiary/aromatic N) is 1. The van der Waals surface area contributed by atoms with Crippen LogP contribution in [0.25, 0.3) is 0 Å². The third kappa shape index (κ3) is 2.65. The molecular weight excluding hydrogens is 226 g/mol. The van der Waals surface area contributed by atoms with E-state index in [4.69, 9.17) is 0 Å². The Morgan fingerprint density at radius 2 is 2.27 bits per heavy atom. The Morgan fingerprint density at radius 3 is 2.87 bits per heavy atom. The summed E-state index contributed by atoms with van der Waals surface area (Å²) in [5.41, 5.74) is 1.80. The molecule has 0 aliphatic rings. The molecule has 0 saturated heterocycles. The van der Waals surface area contributed by atoms with Crippen LogP contribution in [0.2, 0.25) is 0 Å². The largest absolute Gasteiger partial charge is 0.387 e. The van der Waals surface area contributed by atoms with Gasteiger partial charge in [0.15, 0.2) is 0 Å². The van der Waals surface area contributed by atoms with Crippen molar-refractivity contribution in [2.45, 2.75) is 25.9 Å². The molecule has 2 nitrogen and oxygen atoms in total. The first kappa shape index (κ1) is 10.8. The van der Waals surface area contributed by atoms with Gasteiger partial charge in [-0.1, -0.05) is 6.92 Å². The number of thiazole rings is 1. The van der Waals surface area contributed by atoms with Crippen molar-refractivity contribution in [3.63, 3.8) is 0 Å². The molecule has 2 aromatic rings. The standard InChI is InChI=1S/C11H13NOS2/c1-2-8-3-4-11(15-8)10(13)5-9-6-12-7-14-9/h3-4,6-7,10,13H,2,5H2,1H3. The van der Waals surface area contributed by atoms with Gasteiger partial charge < -0.3 is 5.11 Å². The van der Waals surface area contributed by atoms with Crippen LogP contribution in [0, 0.1) is 0 Å².